The number of fused-ring (bicyclic) bond motifs is 1. The zero-order chi connectivity index (χ0) is 54.2. The molecule has 1 saturated carbocycles. The van der Waals surface area contributed by atoms with Crippen LogP contribution in [-0.2, 0) is 60.3 Å². The number of ether oxygens (including phenoxy) is 3. The highest BCUT2D eigenvalue weighted by Crippen LogP contribution is 2.37. The van der Waals surface area contributed by atoms with Crippen molar-refractivity contribution in [2.75, 3.05) is 32.8 Å². The smallest absolute Gasteiger partial charge is 0.407 e. The van der Waals surface area contributed by atoms with Crippen molar-refractivity contribution in [3.8, 4) is 0 Å². The predicted molar refractivity (Wildman–Crippen MR) is 283 cm³/mol. The van der Waals surface area contributed by atoms with Gasteiger partial charge in [-0.05, 0) is 90.0 Å². The average Bonchev–Trinajstić information content (AvgIpc) is 3.95. The van der Waals surface area contributed by atoms with Crippen molar-refractivity contribution in [1.82, 2.24) is 13.9 Å². The van der Waals surface area contributed by atoms with E-state index in [1.54, 1.807) is 45.0 Å². The molecule has 0 radical (unpaired) electrons. The van der Waals surface area contributed by atoms with Gasteiger partial charge in [0, 0.05) is 46.2 Å². The predicted octanol–water partition coefficient (Wildman–Crippen LogP) is 5.67. The summed E-state index contributed by atoms with van der Waals surface area (Å²) in [5, 5.41) is 56.4. The molecule has 17 nitrogen and oxygen atoms in total. The lowest BCUT2D eigenvalue weighted by atomic mass is 10.0. The van der Waals surface area contributed by atoms with Crippen LogP contribution in [0.2, 0.25) is 0 Å². The number of benzene rings is 4. The molecule has 0 spiro atoms. The average molecular weight is 1070 g/mol. The van der Waals surface area contributed by atoms with Gasteiger partial charge < -0.3 is 45.1 Å². The van der Waals surface area contributed by atoms with Crippen molar-refractivity contribution in [3.05, 3.63) is 131 Å². The Kier molecular flexibility index (Phi) is 22.4. The molecule has 4 aromatic carbocycles. The Labute approximate surface area is 439 Å². The molecule has 7 atom stereocenters. The first-order valence-corrected chi connectivity index (χ1v) is 28.2. The van der Waals surface area contributed by atoms with Crippen LogP contribution in [0.25, 0.3) is 0 Å². The molecule has 6 rings (SSSR count). The van der Waals surface area contributed by atoms with Crippen LogP contribution in [0.5, 0.6) is 0 Å². The summed E-state index contributed by atoms with van der Waals surface area (Å²) in [4.78, 5) is 17.2. The van der Waals surface area contributed by atoms with Gasteiger partial charge >= 0.3 is 6.09 Å². The molecule has 5 N–H and O–H groups in total. The summed E-state index contributed by atoms with van der Waals surface area (Å²) in [6.07, 6.45) is -1.05. The first-order chi connectivity index (χ1) is 35.0. The lowest BCUT2D eigenvalue weighted by molar-refractivity contribution is -0.261. The number of nitrogens with zero attached hydrogens (tertiary/aromatic N) is 3. The van der Waals surface area contributed by atoms with Crippen LogP contribution in [0.1, 0.15) is 91.4 Å². The minimum Gasteiger partial charge on any atom is -0.595 e. The third-order valence-corrected chi connectivity index (χ3v) is 16.2. The van der Waals surface area contributed by atoms with E-state index in [0.29, 0.717) is 29.9 Å². The number of aliphatic imine (C=N–C) groups is 1. The molecule has 1 heterocycles. The van der Waals surface area contributed by atoms with Gasteiger partial charge in [0.1, 0.15) is 12.2 Å². The summed E-state index contributed by atoms with van der Waals surface area (Å²) in [6, 6.07) is 29.0. The lowest BCUT2D eigenvalue weighted by Gasteiger charge is -2.32. The minimum absolute atomic E-state index is 0. The highest BCUT2D eigenvalue weighted by molar-refractivity contribution is 7.89. The van der Waals surface area contributed by atoms with E-state index in [0.717, 1.165) is 30.6 Å². The molecule has 410 valence electrons. The van der Waals surface area contributed by atoms with Crippen molar-refractivity contribution in [1.29, 1.82) is 0 Å². The topological polar surface area (TPSA) is 248 Å². The summed E-state index contributed by atoms with van der Waals surface area (Å²) >= 11 is 0. The summed E-state index contributed by atoms with van der Waals surface area (Å²) in [5.41, 5.74) is 2.19. The number of aliphatic hydroxyl groups is 4. The normalized spacial score (nSPS) is 18.9. The number of carbonyl (C=O) groups excluding carboxylic acids is 1. The van der Waals surface area contributed by atoms with E-state index >= 15 is 0 Å². The van der Waals surface area contributed by atoms with Gasteiger partial charge in [0.25, 0.3) is 0 Å². The molecular weight excluding hydrogens is 989 g/mol. The minimum atomic E-state index is -3.95. The van der Waals surface area contributed by atoms with Crippen molar-refractivity contribution in [2.45, 2.75) is 146 Å². The summed E-state index contributed by atoms with van der Waals surface area (Å²) in [7, 11) is -7.89. The Hall–Kier alpha value is -4.96. The SMILES string of the molecule is CC(C)CN(C[C@@H](O)[C@H](Cc1ccccc1)N=C([O-])OC(C)(C)C)S(=O)(=O)c1ccc(CO)cc1.CC(C)CN(C[C@@H](O)[C@H](Cc1ccccc1)NC(=O)O[C@@H]1C[C@@H]2CCO[C@@H]2C1)S(=O)(=O)c1ccc(CO)cc1.[HH]. The fraction of sp³-hybridized carbons (Fsp3) is 0.527. The molecule has 1 amide bonds. The maximum Gasteiger partial charge on any atom is 0.407 e. The van der Waals surface area contributed by atoms with E-state index in [4.69, 9.17) is 14.2 Å². The van der Waals surface area contributed by atoms with Crippen LogP contribution in [-0.4, -0.2) is 133 Å². The Morgan fingerprint density at radius 2 is 1.19 bits per heavy atom. The largest absolute Gasteiger partial charge is 0.595 e. The molecule has 0 bridgehead atoms. The summed E-state index contributed by atoms with van der Waals surface area (Å²) in [6.45, 7) is 13.0. The van der Waals surface area contributed by atoms with E-state index < -0.39 is 62.1 Å². The van der Waals surface area contributed by atoms with Crippen LogP contribution in [0.15, 0.2) is 124 Å². The maximum absolute atomic E-state index is 13.6. The second-order valence-electron chi connectivity index (χ2n) is 20.9. The van der Waals surface area contributed by atoms with Gasteiger partial charge in [0.05, 0.1) is 53.4 Å². The van der Waals surface area contributed by atoms with Gasteiger partial charge in [0.15, 0.2) is 0 Å². The second kappa shape index (κ2) is 27.7. The second-order valence-corrected chi connectivity index (χ2v) is 24.8. The van der Waals surface area contributed by atoms with Crippen LogP contribution in [0.4, 0.5) is 4.79 Å². The Bertz CT molecular complexity index is 2580. The van der Waals surface area contributed by atoms with Gasteiger partial charge in [0.2, 0.25) is 20.0 Å². The van der Waals surface area contributed by atoms with Crippen LogP contribution in [0.3, 0.4) is 0 Å². The Balaban J connectivity index is 0.000000322. The van der Waals surface area contributed by atoms with Gasteiger partial charge in [-0.2, -0.15) is 8.61 Å². The number of nitrogens with one attached hydrogen (secondary N) is 1. The Morgan fingerprint density at radius 1 is 0.716 bits per heavy atom. The first-order valence-electron chi connectivity index (χ1n) is 25.3. The molecule has 2 aliphatic rings. The quantitative estimate of drug-likeness (QED) is 0.0445. The number of hydrogen-bond donors (Lipinski definition) is 5. The third kappa shape index (κ3) is 18.4. The zero-order valence-corrected chi connectivity index (χ0v) is 45.3. The van der Waals surface area contributed by atoms with Gasteiger partial charge in [-0.1, -0.05) is 133 Å². The third-order valence-electron chi connectivity index (χ3n) is 12.5. The number of aliphatic hydroxyl groups excluding tert-OH is 4. The van der Waals surface area contributed by atoms with Crippen LogP contribution in [0, 0.1) is 17.8 Å². The highest BCUT2D eigenvalue weighted by atomic mass is 32.2. The monoisotopic (exact) mass is 1070 g/mol. The van der Waals surface area contributed by atoms with E-state index in [9.17, 15) is 47.2 Å². The fourth-order valence-electron chi connectivity index (χ4n) is 8.90. The van der Waals surface area contributed by atoms with Gasteiger partial charge in [-0.3, -0.25) is 4.99 Å². The molecule has 1 saturated heterocycles. The summed E-state index contributed by atoms with van der Waals surface area (Å²) in [5.74, 6) is 0.400. The number of alkyl carbamates (subject to hydrolysis) is 1. The molecule has 19 heteroatoms. The van der Waals surface area contributed by atoms with Crippen LogP contribution < -0.4 is 10.4 Å². The van der Waals surface area contributed by atoms with E-state index in [2.05, 4.69) is 10.3 Å². The first kappa shape index (κ1) is 59.9. The zero-order valence-electron chi connectivity index (χ0n) is 43.7. The highest BCUT2D eigenvalue weighted by Gasteiger charge is 2.41. The van der Waals surface area contributed by atoms with Crippen molar-refractivity contribution in [3.63, 3.8) is 0 Å². The number of amides is 1. The number of sulfonamides is 2. The van der Waals surface area contributed by atoms with E-state index in [1.165, 1.54) is 32.9 Å². The standard InChI is InChI=1S/C29H40N2O7S.C26H38N2O6S.H2/c1-20(2)17-31(39(35,36)25-10-8-22(19-32)9-11-25)18-27(33)26(14-21-6-4-3-5-7-21)30-29(34)38-24-15-23-12-13-37-28(23)16-24;1-19(2)16-28(35(32,33)22-13-11-21(18-29)12-14-22)17-24(30)23(15-20-9-7-6-8-10-20)27-25(31)34-26(3,4)5;/h3-11,20,23-24,26-28,32-33H,12-19H2,1-2H3,(H,30,34);6-14,19,23-24,29-30H,15-18H2,1-5H3,(H,27,31);1H/p-1/t23-,24+,26-,27+,28+;23-,24+;/m00./s1. The maximum atomic E-state index is 13.6. The number of carbonyl (C=O) groups is 1. The van der Waals surface area contributed by atoms with Crippen LogP contribution >= 0.6 is 0 Å². The fourth-order valence-corrected chi connectivity index (χ4v) is 12.1. The number of rotatable bonds is 23. The van der Waals surface area contributed by atoms with Crippen molar-refractivity contribution >= 4 is 32.2 Å². The lowest BCUT2D eigenvalue weighted by Crippen LogP contribution is -2.51. The Morgan fingerprint density at radius 3 is 1.64 bits per heavy atom. The molecule has 4 aromatic rings. The molecule has 1 aliphatic carbocycles. The molecular formula is C55H79N4O13S2-. The molecule has 0 aromatic heterocycles. The van der Waals surface area contributed by atoms with Gasteiger partial charge in [-0.25, -0.2) is 21.6 Å². The number of hydrogen-bond acceptors (Lipinski definition) is 14. The summed E-state index contributed by atoms with van der Waals surface area (Å²) < 4.78 is 73.2. The molecule has 1 aliphatic heterocycles. The van der Waals surface area contributed by atoms with Gasteiger partial charge in [-0.15, -0.1) is 0 Å². The molecule has 0 unspecified atom stereocenters. The molecule has 74 heavy (non-hydrogen) atoms. The van der Waals surface area contributed by atoms with E-state index in [1.807, 2.05) is 88.4 Å². The van der Waals surface area contributed by atoms with E-state index in [-0.39, 0.29) is 81.1 Å². The van der Waals surface area contributed by atoms with Crippen molar-refractivity contribution in [2.24, 2.45) is 22.7 Å². The van der Waals surface area contributed by atoms with Crippen molar-refractivity contribution < 1.29 is 62.8 Å². The molecule has 2 fully saturated rings.